The molecule has 0 saturated heterocycles. The monoisotopic (exact) mass is 486 g/mol. The fourth-order valence-electron chi connectivity index (χ4n) is 5.50. The van der Waals surface area contributed by atoms with Gasteiger partial charge in [-0.2, -0.15) is 5.10 Å². The van der Waals surface area contributed by atoms with E-state index in [9.17, 15) is 9.59 Å². The zero-order chi connectivity index (χ0) is 22.2. The molecular weight excluding hydrogens is 456 g/mol. The molecule has 3 saturated carbocycles. The number of Topliss-reactive ketones (excluding diaryl/α,β-unsaturated/α-hetero) is 1. The molecule has 0 unspecified atom stereocenters. The smallest absolute Gasteiger partial charge is 0.283 e. The molecule has 2 heterocycles. The van der Waals surface area contributed by atoms with Crippen LogP contribution in [0.4, 0.5) is 5.69 Å². The van der Waals surface area contributed by atoms with Gasteiger partial charge in [0.25, 0.3) is 5.56 Å². The van der Waals surface area contributed by atoms with Crippen LogP contribution in [0, 0.1) is 23.2 Å². The summed E-state index contributed by atoms with van der Waals surface area (Å²) in [4.78, 5) is 29.1. The predicted octanol–water partition coefficient (Wildman–Crippen LogP) is 4.48. The van der Waals surface area contributed by atoms with E-state index < -0.39 is 0 Å². The van der Waals surface area contributed by atoms with Crippen LogP contribution in [-0.4, -0.2) is 26.6 Å². The van der Waals surface area contributed by atoms with Gasteiger partial charge in [-0.25, -0.2) is 4.68 Å². The van der Waals surface area contributed by atoms with Crippen molar-refractivity contribution in [3.63, 3.8) is 0 Å². The van der Waals surface area contributed by atoms with Crippen LogP contribution in [0.1, 0.15) is 52.0 Å². The number of halogens is 1. The van der Waals surface area contributed by atoms with Gasteiger partial charge in [0.05, 0.1) is 11.9 Å². The van der Waals surface area contributed by atoms with Crippen molar-refractivity contribution in [1.82, 2.24) is 14.8 Å². The number of rotatable bonds is 8. The summed E-state index contributed by atoms with van der Waals surface area (Å²) >= 11 is 3.45. The Morgan fingerprint density at radius 3 is 2.71 bits per heavy atom. The second-order valence-electron chi connectivity index (χ2n) is 9.79. The average Bonchev–Trinajstić information content (AvgIpc) is 2.75. The Bertz CT molecular complexity index is 1000. The molecule has 3 aliphatic carbocycles. The number of nitrogens with zero attached hydrogens (tertiary/aromatic N) is 3. The minimum Gasteiger partial charge on any atom is -0.380 e. The lowest BCUT2D eigenvalue weighted by molar-refractivity contribution is -0.120. The lowest BCUT2D eigenvalue weighted by Crippen LogP contribution is -2.58. The highest BCUT2D eigenvalue weighted by molar-refractivity contribution is 9.10. The summed E-state index contributed by atoms with van der Waals surface area (Å²) < 4.78 is 1.72. The van der Waals surface area contributed by atoms with Gasteiger partial charge < -0.3 is 5.32 Å². The van der Waals surface area contributed by atoms with Crippen LogP contribution >= 0.6 is 15.9 Å². The van der Waals surface area contributed by atoms with E-state index >= 15 is 0 Å². The summed E-state index contributed by atoms with van der Waals surface area (Å²) in [5.41, 5.74) is 2.05. The van der Waals surface area contributed by atoms with E-state index in [0.717, 1.165) is 42.3 Å². The number of anilines is 1. The number of carbonyl (C=O) groups excluding carboxylic acids is 1. The molecule has 166 valence electrons. The average molecular weight is 487 g/mol. The molecule has 3 fully saturated rings. The molecule has 0 spiro atoms. The molecular formula is C24H31BrN4O2. The summed E-state index contributed by atoms with van der Waals surface area (Å²) in [6, 6.07) is 4.26. The molecule has 0 aliphatic heterocycles. The van der Waals surface area contributed by atoms with Gasteiger partial charge in [-0.3, -0.25) is 14.6 Å². The van der Waals surface area contributed by atoms with Crippen LogP contribution in [0.2, 0.25) is 0 Å². The molecule has 0 radical (unpaired) electrons. The molecule has 4 atom stereocenters. The van der Waals surface area contributed by atoms with E-state index in [-0.39, 0.29) is 17.9 Å². The van der Waals surface area contributed by atoms with Crippen molar-refractivity contribution < 1.29 is 4.79 Å². The van der Waals surface area contributed by atoms with Gasteiger partial charge in [0.2, 0.25) is 0 Å². The zero-order valence-electron chi connectivity index (χ0n) is 18.5. The normalized spacial score (nSPS) is 26.2. The standard InChI is InChI=1S/C24H31BrN4O2/c1-15-19-11-17(24(19,2)3)12-20(15)28-21-13-27-29(23(31)22(21)25)14-18(30)6-4-5-16-7-9-26-10-8-16/h7-10,13,15,17,19-20,28H,4-6,11-12,14H2,1-3H3/t15-,17-,19+,20-/m1/s1. The highest BCUT2D eigenvalue weighted by Gasteiger charge is 2.56. The first-order valence-corrected chi connectivity index (χ1v) is 12.0. The Kier molecular flexibility index (Phi) is 6.33. The number of hydrogen-bond donors (Lipinski definition) is 1. The highest BCUT2D eigenvalue weighted by Crippen LogP contribution is 2.61. The summed E-state index contributed by atoms with van der Waals surface area (Å²) in [5, 5.41) is 7.84. The van der Waals surface area contributed by atoms with Crippen LogP contribution in [0.5, 0.6) is 0 Å². The molecule has 2 aromatic rings. The van der Waals surface area contributed by atoms with E-state index in [4.69, 9.17) is 0 Å². The number of pyridine rings is 1. The Labute approximate surface area is 192 Å². The van der Waals surface area contributed by atoms with Crippen molar-refractivity contribution in [2.24, 2.45) is 23.2 Å². The molecule has 7 heteroatoms. The lowest BCUT2D eigenvalue weighted by Gasteiger charge is -2.62. The lowest BCUT2D eigenvalue weighted by atomic mass is 9.45. The summed E-state index contributed by atoms with van der Waals surface area (Å²) in [6.45, 7) is 7.08. The Balaban J connectivity index is 1.34. The third-order valence-electron chi connectivity index (χ3n) is 7.68. The molecule has 6 nitrogen and oxygen atoms in total. The number of fused-ring (bicyclic) bond motifs is 2. The molecule has 1 N–H and O–H groups in total. The molecule has 2 aromatic heterocycles. The number of hydrogen-bond acceptors (Lipinski definition) is 5. The van der Waals surface area contributed by atoms with Crippen molar-refractivity contribution in [2.45, 2.75) is 65.5 Å². The maximum absolute atomic E-state index is 12.8. The maximum Gasteiger partial charge on any atom is 0.283 e. The number of carbonyl (C=O) groups is 1. The van der Waals surface area contributed by atoms with Gasteiger partial charge in [0.15, 0.2) is 5.78 Å². The Hall–Kier alpha value is -2.02. The topological polar surface area (TPSA) is 76.9 Å². The van der Waals surface area contributed by atoms with E-state index in [1.165, 1.54) is 11.1 Å². The maximum atomic E-state index is 12.8. The van der Waals surface area contributed by atoms with Gasteiger partial charge in [0.1, 0.15) is 11.0 Å². The van der Waals surface area contributed by atoms with E-state index in [2.05, 4.69) is 52.1 Å². The predicted molar refractivity (Wildman–Crippen MR) is 125 cm³/mol. The van der Waals surface area contributed by atoms with Crippen LogP contribution in [0.3, 0.4) is 0 Å². The fourth-order valence-corrected chi connectivity index (χ4v) is 5.93. The molecule has 2 bridgehead atoms. The molecule has 0 amide bonds. The van der Waals surface area contributed by atoms with Crippen LogP contribution in [-0.2, 0) is 17.8 Å². The summed E-state index contributed by atoms with van der Waals surface area (Å²) in [5.74, 6) is 2.03. The molecule has 5 rings (SSSR count). The van der Waals surface area contributed by atoms with E-state index in [0.29, 0.717) is 28.3 Å². The van der Waals surface area contributed by atoms with E-state index in [1.807, 2.05) is 12.1 Å². The quantitative estimate of drug-likeness (QED) is 0.595. The first kappa shape index (κ1) is 22.2. The van der Waals surface area contributed by atoms with Crippen LogP contribution < -0.4 is 10.9 Å². The van der Waals surface area contributed by atoms with Crippen molar-refractivity contribution in [1.29, 1.82) is 0 Å². The fraction of sp³-hybridized carbons (Fsp3) is 0.583. The summed E-state index contributed by atoms with van der Waals surface area (Å²) in [7, 11) is 0. The zero-order valence-corrected chi connectivity index (χ0v) is 20.1. The van der Waals surface area contributed by atoms with Crippen molar-refractivity contribution >= 4 is 27.4 Å². The van der Waals surface area contributed by atoms with Crippen molar-refractivity contribution in [3.8, 4) is 0 Å². The van der Waals surface area contributed by atoms with Crippen LogP contribution in [0.15, 0.2) is 40.0 Å². The van der Waals surface area contributed by atoms with Gasteiger partial charge in [0, 0.05) is 24.9 Å². The van der Waals surface area contributed by atoms with Crippen molar-refractivity contribution in [3.05, 3.63) is 51.1 Å². The van der Waals surface area contributed by atoms with Gasteiger partial charge in [-0.1, -0.05) is 20.8 Å². The number of aromatic nitrogens is 3. The second-order valence-corrected chi connectivity index (χ2v) is 10.6. The molecule has 0 aromatic carbocycles. The largest absolute Gasteiger partial charge is 0.380 e. The second kappa shape index (κ2) is 8.85. The highest BCUT2D eigenvalue weighted by atomic mass is 79.9. The van der Waals surface area contributed by atoms with Crippen LogP contribution in [0.25, 0.3) is 0 Å². The Morgan fingerprint density at radius 2 is 2.03 bits per heavy atom. The first-order chi connectivity index (χ1) is 14.8. The minimum absolute atomic E-state index is 0.00618. The molecule has 31 heavy (non-hydrogen) atoms. The van der Waals surface area contributed by atoms with E-state index in [1.54, 1.807) is 18.6 Å². The van der Waals surface area contributed by atoms with Gasteiger partial charge in [-0.15, -0.1) is 0 Å². The molecule has 3 aliphatic rings. The van der Waals surface area contributed by atoms with Crippen molar-refractivity contribution in [2.75, 3.05) is 5.32 Å². The number of aryl methyl sites for hydroxylation is 1. The number of nitrogens with one attached hydrogen (secondary N) is 1. The first-order valence-electron chi connectivity index (χ1n) is 11.2. The Morgan fingerprint density at radius 1 is 1.29 bits per heavy atom. The third-order valence-corrected chi connectivity index (χ3v) is 8.44. The SMILES string of the molecule is C[C@H]1[C@H](Nc2cnn(CC(=O)CCCc3ccncc3)c(=O)c2Br)C[C@H]2C[C@@H]1C2(C)C. The minimum atomic E-state index is -0.263. The number of ketones is 1. The van der Waals surface area contributed by atoms with Gasteiger partial charge in [-0.05, 0) is 82.5 Å². The summed E-state index contributed by atoms with van der Waals surface area (Å²) in [6.07, 6.45) is 9.61. The van der Waals surface area contributed by atoms with Gasteiger partial charge >= 0.3 is 0 Å². The third kappa shape index (κ3) is 4.47.